The van der Waals surface area contributed by atoms with E-state index in [2.05, 4.69) is 4.72 Å². The van der Waals surface area contributed by atoms with E-state index < -0.39 is 21.7 Å². The fourth-order valence-electron chi connectivity index (χ4n) is 1.89. The van der Waals surface area contributed by atoms with Gasteiger partial charge in [-0.2, -0.15) is 0 Å². The second-order valence-electron chi connectivity index (χ2n) is 4.64. The molecule has 2 aromatic rings. The van der Waals surface area contributed by atoms with Gasteiger partial charge in [0.1, 0.15) is 0 Å². The Morgan fingerprint density at radius 1 is 0.905 bits per heavy atom. The van der Waals surface area contributed by atoms with Crippen LogP contribution in [-0.4, -0.2) is 15.0 Å². The predicted octanol–water partition coefficient (Wildman–Crippen LogP) is 2.63. The van der Waals surface area contributed by atoms with E-state index in [1.807, 2.05) is 6.07 Å². The molecule has 0 spiro atoms. The number of nitrogens with one attached hydrogen (secondary N) is 1. The first-order valence-electron chi connectivity index (χ1n) is 6.41. The van der Waals surface area contributed by atoms with E-state index >= 15 is 0 Å². The Hall–Kier alpha value is -1.79. The molecular weight excluding hydrogens is 296 g/mol. The van der Waals surface area contributed by atoms with Gasteiger partial charge in [0.15, 0.2) is 11.6 Å². The largest absolute Gasteiger partial charge is 0.215 e. The van der Waals surface area contributed by atoms with Crippen LogP contribution in [0.5, 0.6) is 0 Å². The molecule has 1 N–H and O–H groups in total. The molecule has 6 heteroatoms. The number of rotatable bonds is 6. The van der Waals surface area contributed by atoms with Gasteiger partial charge in [-0.3, -0.25) is 0 Å². The fourth-order valence-corrected chi connectivity index (χ4v) is 3.04. The number of sulfonamides is 1. The topological polar surface area (TPSA) is 46.2 Å². The third-order valence-electron chi connectivity index (χ3n) is 2.92. The highest BCUT2D eigenvalue weighted by molar-refractivity contribution is 7.88. The molecule has 0 fully saturated rings. The summed E-state index contributed by atoms with van der Waals surface area (Å²) in [5.74, 6) is -1.95. The zero-order valence-electron chi connectivity index (χ0n) is 11.2. The molecule has 0 saturated carbocycles. The minimum atomic E-state index is -3.44. The van der Waals surface area contributed by atoms with Crippen LogP contribution in [0.2, 0.25) is 0 Å². The molecule has 0 aliphatic rings. The van der Waals surface area contributed by atoms with Crippen LogP contribution in [0.25, 0.3) is 0 Å². The molecule has 21 heavy (non-hydrogen) atoms. The monoisotopic (exact) mass is 311 g/mol. The van der Waals surface area contributed by atoms with Crippen LogP contribution >= 0.6 is 0 Å². The molecule has 2 aromatic carbocycles. The molecule has 0 atom stereocenters. The molecule has 0 bridgehead atoms. The summed E-state index contributed by atoms with van der Waals surface area (Å²) >= 11 is 0. The number of benzene rings is 2. The number of hydrogen-bond acceptors (Lipinski definition) is 2. The van der Waals surface area contributed by atoms with E-state index in [1.165, 1.54) is 6.07 Å². The predicted molar refractivity (Wildman–Crippen MR) is 77.1 cm³/mol. The first-order chi connectivity index (χ1) is 9.96. The lowest BCUT2D eigenvalue weighted by Crippen LogP contribution is -2.27. The summed E-state index contributed by atoms with van der Waals surface area (Å²) < 4.78 is 52.0. The lowest BCUT2D eigenvalue weighted by Gasteiger charge is -2.07. The van der Waals surface area contributed by atoms with Crippen LogP contribution in [0.1, 0.15) is 11.1 Å². The molecule has 0 aliphatic carbocycles. The summed E-state index contributed by atoms with van der Waals surface area (Å²) in [5, 5.41) is 0. The van der Waals surface area contributed by atoms with Gasteiger partial charge in [-0.05, 0) is 29.7 Å². The molecule has 0 saturated heterocycles. The van der Waals surface area contributed by atoms with Crippen molar-refractivity contribution in [3.63, 3.8) is 0 Å². The van der Waals surface area contributed by atoms with Crippen LogP contribution < -0.4 is 4.72 Å². The first-order valence-corrected chi connectivity index (χ1v) is 8.07. The van der Waals surface area contributed by atoms with Crippen molar-refractivity contribution in [1.82, 2.24) is 4.72 Å². The summed E-state index contributed by atoms with van der Waals surface area (Å²) in [7, 11) is -3.44. The van der Waals surface area contributed by atoms with E-state index in [-0.39, 0.29) is 12.3 Å². The maximum absolute atomic E-state index is 13.0. The van der Waals surface area contributed by atoms with E-state index in [0.717, 1.165) is 12.1 Å². The van der Waals surface area contributed by atoms with Crippen molar-refractivity contribution in [2.24, 2.45) is 0 Å². The maximum atomic E-state index is 13.0. The van der Waals surface area contributed by atoms with Crippen molar-refractivity contribution in [2.45, 2.75) is 12.2 Å². The van der Waals surface area contributed by atoms with Gasteiger partial charge in [-0.15, -0.1) is 0 Å². The van der Waals surface area contributed by atoms with Crippen LogP contribution in [0.15, 0.2) is 48.5 Å². The van der Waals surface area contributed by atoms with Crippen molar-refractivity contribution in [1.29, 1.82) is 0 Å². The van der Waals surface area contributed by atoms with Gasteiger partial charge in [-0.1, -0.05) is 36.4 Å². The highest BCUT2D eigenvalue weighted by atomic mass is 32.2. The Morgan fingerprint density at radius 2 is 1.62 bits per heavy atom. The Balaban J connectivity index is 1.88. The Morgan fingerprint density at radius 3 is 2.29 bits per heavy atom. The van der Waals surface area contributed by atoms with Gasteiger partial charge in [-0.25, -0.2) is 21.9 Å². The summed E-state index contributed by atoms with van der Waals surface area (Å²) in [6.07, 6.45) is 0.297. The Kier molecular flexibility index (Phi) is 5.03. The standard InChI is InChI=1S/C15H15F2NO2S/c16-14-7-6-12(10-15(14)17)8-9-18-21(19,20)11-13-4-2-1-3-5-13/h1-7,10,18H,8-9,11H2. The Bertz CT molecular complexity index is 703. The molecule has 112 valence electrons. The summed E-state index contributed by atoms with van der Waals surface area (Å²) in [6, 6.07) is 12.3. The van der Waals surface area contributed by atoms with E-state index in [0.29, 0.717) is 17.5 Å². The van der Waals surface area contributed by atoms with Gasteiger partial charge < -0.3 is 0 Å². The second kappa shape index (κ2) is 6.78. The van der Waals surface area contributed by atoms with Crippen LogP contribution in [-0.2, 0) is 22.2 Å². The van der Waals surface area contributed by atoms with Crippen molar-refractivity contribution in [2.75, 3.05) is 6.54 Å². The van der Waals surface area contributed by atoms with Gasteiger partial charge in [0.2, 0.25) is 10.0 Å². The van der Waals surface area contributed by atoms with E-state index in [1.54, 1.807) is 24.3 Å². The van der Waals surface area contributed by atoms with Crippen LogP contribution in [0.4, 0.5) is 8.78 Å². The zero-order valence-corrected chi connectivity index (χ0v) is 12.0. The smallest absolute Gasteiger partial charge is 0.215 e. The van der Waals surface area contributed by atoms with Crippen LogP contribution in [0.3, 0.4) is 0 Å². The average Bonchev–Trinajstić information content (AvgIpc) is 2.43. The van der Waals surface area contributed by atoms with E-state index in [9.17, 15) is 17.2 Å². The molecular formula is C15H15F2NO2S. The van der Waals surface area contributed by atoms with Gasteiger partial charge in [0.05, 0.1) is 5.75 Å². The third kappa shape index (κ3) is 4.91. The summed E-state index contributed by atoms with van der Waals surface area (Å²) in [5.41, 5.74) is 1.23. The van der Waals surface area contributed by atoms with Gasteiger partial charge >= 0.3 is 0 Å². The molecule has 2 rings (SSSR count). The zero-order chi connectivity index (χ0) is 15.3. The molecule has 3 nitrogen and oxygen atoms in total. The maximum Gasteiger partial charge on any atom is 0.215 e. The lowest BCUT2D eigenvalue weighted by atomic mass is 10.1. The van der Waals surface area contributed by atoms with Crippen molar-refractivity contribution < 1.29 is 17.2 Å². The highest BCUT2D eigenvalue weighted by Gasteiger charge is 2.11. The molecule has 0 aromatic heterocycles. The quantitative estimate of drug-likeness (QED) is 0.891. The molecule has 0 radical (unpaired) electrons. The highest BCUT2D eigenvalue weighted by Crippen LogP contribution is 2.09. The summed E-state index contributed by atoms with van der Waals surface area (Å²) in [6.45, 7) is 0.139. The minimum absolute atomic E-state index is 0.106. The van der Waals surface area contributed by atoms with Crippen molar-refractivity contribution >= 4 is 10.0 Å². The van der Waals surface area contributed by atoms with Crippen LogP contribution in [0, 0.1) is 11.6 Å². The fraction of sp³-hybridized carbons (Fsp3) is 0.200. The Labute approximate surface area is 122 Å². The first kappa shape index (κ1) is 15.6. The van der Waals surface area contributed by atoms with Gasteiger partial charge in [0, 0.05) is 6.54 Å². The third-order valence-corrected chi connectivity index (χ3v) is 4.28. The van der Waals surface area contributed by atoms with E-state index in [4.69, 9.17) is 0 Å². The second-order valence-corrected chi connectivity index (χ2v) is 6.44. The van der Waals surface area contributed by atoms with Gasteiger partial charge in [0.25, 0.3) is 0 Å². The SMILES string of the molecule is O=S(=O)(Cc1ccccc1)NCCc1ccc(F)c(F)c1. The lowest BCUT2D eigenvalue weighted by molar-refractivity contribution is 0.507. The van der Waals surface area contributed by atoms with Crippen molar-refractivity contribution in [3.05, 3.63) is 71.3 Å². The average molecular weight is 311 g/mol. The molecule has 0 heterocycles. The van der Waals surface area contributed by atoms with Crippen molar-refractivity contribution in [3.8, 4) is 0 Å². The molecule has 0 amide bonds. The number of halogens is 2. The normalized spacial score (nSPS) is 11.5. The minimum Gasteiger partial charge on any atom is -0.215 e. The molecule has 0 unspecified atom stereocenters. The number of hydrogen-bond donors (Lipinski definition) is 1. The summed E-state index contributed by atoms with van der Waals surface area (Å²) in [4.78, 5) is 0. The molecule has 0 aliphatic heterocycles.